The monoisotopic (exact) mass is 742 g/mol. The summed E-state index contributed by atoms with van der Waals surface area (Å²) < 4.78 is 2.50. The van der Waals surface area contributed by atoms with Gasteiger partial charge in [-0.15, -0.1) is 0 Å². The molecule has 1 aliphatic rings. The normalized spacial score (nSPS) is 13.1. The number of rotatable bonds is 8. The van der Waals surface area contributed by atoms with Crippen LogP contribution in [0, 0.1) is 0 Å². The van der Waals surface area contributed by atoms with Gasteiger partial charge >= 0.3 is 0 Å². The van der Waals surface area contributed by atoms with Gasteiger partial charge in [0.1, 0.15) is 5.82 Å². The molecule has 2 heterocycles. The third-order valence-electron chi connectivity index (χ3n) is 11.7. The van der Waals surface area contributed by atoms with E-state index in [0.29, 0.717) is 18.1 Å². The lowest BCUT2D eigenvalue weighted by molar-refractivity contribution is 0.700. The van der Waals surface area contributed by atoms with Gasteiger partial charge in [-0.25, -0.2) is 15.0 Å². The van der Waals surface area contributed by atoms with Crippen LogP contribution < -0.4 is 0 Å². The number of aromatic nitrogens is 4. The maximum Gasteiger partial charge on any atom is 0.163 e. The van der Waals surface area contributed by atoms with Crippen LogP contribution in [0.3, 0.4) is 0 Å². The number of nitrogens with zero attached hydrogens (tertiary/aromatic N) is 4. The van der Waals surface area contributed by atoms with E-state index < -0.39 is 0 Å². The van der Waals surface area contributed by atoms with Crippen molar-refractivity contribution in [1.82, 2.24) is 19.5 Å². The third kappa shape index (κ3) is 5.89. The van der Waals surface area contributed by atoms with Gasteiger partial charge in [-0.05, 0) is 81.3 Å². The second-order valence-electron chi connectivity index (χ2n) is 15.1. The molecule has 0 N–H and O–H groups in total. The SMILES string of the molecule is c1ccc(-c2ccc3c(c2)-c2ccc4c5cc(-c6ccccc6)ccc5n(-c5ccccc5)c4c2C3CCc2nc(-c3ccccc3)nc(-c3ccccc3)n2)cc1. The molecule has 4 nitrogen and oxygen atoms in total. The summed E-state index contributed by atoms with van der Waals surface area (Å²) in [6.07, 6.45) is 1.52. The van der Waals surface area contributed by atoms with Crippen LogP contribution in [-0.4, -0.2) is 19.5 Å². The zero-order valence-corrected chi connectivity index (χ0v) is 31.8. The molecule has 0 fully saturated rings. The highest BCUT2D eigenvalue weighted by atomic mass is 15.0. The van der Waals surface area contributed by atoms with Crippen LogP contribution in [0.25, 0.3) is 83.6 Å². The molecule has 10 aromatic rings. The van der Waals surface area contributed by atoms with Crippen molar-refractivity contribution in [1.29, 1.82) is 0 Å². The summed E-state index contributed by atoms with van der Waals surface area (Å²) in [7, 11) is 0. The molecule has 4 heteroatoms. The molecule has 0 aliphatic heterocycles. The Hall–Kier alpha value is -7.43. The van der Waals surface area contributed by atoms with Crippen molar-refractivity contribution < 1.29 is 0 Å². The fourth-order valence-electron chi connectivity index (χ4n) is 8.97. The van der Waals surface area contributed by atoms with Crippen LogP contribution >= 0.6 is 0 Å². The fourth-order valence-corrected chi connectivity index (χ4v) is 8.97. The Balaban J connectivity index is 1.12. The molecule has 0 bridgehead atoms. The Labute approximate surface area is 337 Å². The van der Waals surface area contributed by atoms with Crippen LogP contribution in [-0.2, 0) is 6.42 Å². The van der Waals surface area contributed by atoms with E-state index in [9.17, 15) is 0 Å². The molecule has 0 spiro atoms. The van der Waals surface area contributed by atoms with Gasteiger partial charge < -0.3 is 4.57 Å². The fraction of sp³-hybridized carbons (Fsp3) is 0.0556. The molecule has 8 aromatic carbocycles. The molecule has 0 amide bonds. The van der Waals surface area contributed by atoms with Gasteiger partial charge in [0, 0.05) is 39.9 Å². The number of fused-ring (bicyclic) bond motifs is 7. The minimum atomic E-state index is 0.107. The van der Waals surface area contributed by atoms with Gasteiger partial charge in [0.25, 0.3) is 0 Å². The first-order chi connectivity index (χ1) is 28.8. The van der Waals surface area contributed by atoms with Crippen molar-refractivity contribution in [2.45, 2.75) is 18.8 Å². The zero-order valence-electron chi connectivity index (χ0n) is 31.8. The van der Waals surface area contributed by atoms with Crippen LogP contribution in [0.1, 0.15) is 29.3 Å². The van der Waals surface area contributed by atoms with Crippen molar-refractivity contribution in [3.8, 4) is 61.8 Å². The molecule has 2 aromatic heterocycles. The topological polar surface area (TPSA) is 43.6 Å². The summed E-state index contributed by atoms with van der Waals surface area (Å²) in [6.45, 7) is 0. The Morgan fingerprint density at radius 1 is 0.414 bits per heavy atom. The van der Waals surface area contributed by atoms with Crippen LogP contribution in [0.2, 0.25) is 0 Å². The maximum absolute atomic E-state index is 5.13. The van der Waals surface area contributed by atoms with Crippen LogP contribution in [0.5, 0.6) is 0 Å². The lowest BCUT2D eigenvalue weighted by Crippen LogP contribution is -2.07. The summed E-state index contributed by atoms with van der Waals surface area (Å²) in [5.74, 6) is 2.30. The molecular weight excluding hydrogens is 705 g/mol. The van der Waals surface area contributed by atoms with Crippen molar-refractivity contribution in [3.05, 3.63) is 217 Å². The maximum atomic E-state index is 5.13. The molecule has 0 saturated heterocycles. The smallest absolute Gasteiger partial charge is 0.163 e. The van der Waals surface area contributed by atoms with Crippen molar-refractivity contribution in [3.63, 3.8) is 0 Å². The lowest BCUT2D eigenvalue weighted by Gasteiger charge is -2.17. The molecule has 1 aliphatic carbocycles. The Kier molecular flexibility index (Phi) is 8.32. The van der Waals surface area contributed by atoms with Crippen LogP contribution in [0.4, 0.5) is 0 Å². The molecule has 274 valence electrons. The van der Waals surface area contributed by atoms with E-state index in [4.69, 9.17) is 15.0 Å². The first-order valence-corrected chi connectivity index (χ1v) is 20.0. The highest BCUT2D eigenvalue weighted by molar-refractivity contribution is 6.14. The minimum Gasteiger partial charge on any atom is -0.309 e. The van der Waals surface area contributed by atoms with E-state index in [2.05, 4.69) is 168 Å². The van der Waals surface area contributed by atoms with Gasteiger partial charge in [-0.1, -0.05) is 170 Å². The summed E-state index contributed by atoms with van der Waals surface area (Å²) >= 11 is 0. The second-order valence-corrected chi connectivity index (χ2v) is 15.1. The van der Waals surface area contributed by atoms with Gasteiger partial charge in [0.2, 0.25) is 0 Å². The average Bonchev–Trinajstić information content (AvgIpc) is 3.81. The number of hydrogen-bond acceptors (Lipinski definition) is 3. The third-order valence-corrected chi connectivity index (χ3v) is 11.7. The molecule has 1 unspecified atom stereocenters. The van der Waals surface area contributed by atoms with Crippen molar-refractivity contribution >= 4 is 21.8 Å². The molecule has 0 saturated carbocycles. The molecule has 11 rings (SSSR count). The second kappa shape index (κ2) is 14.3. The Morgan fingerprint density at radius 3 is 1.55 bits per heavy atom. The number of para-hydroxylation sites is 1. The van der Waals surface area contributed by atoms with Crippen molar-refractivity contribution in [2.75, 3.05) is 0 Å². The van der Waals surface area contributed by atoms with E-state index in [0.717, 1.165) is 29.1 Å². The number of benzene rings is 8. The average molecular weight is 743 g/mol. The van der Waals surface area contributed by atoms with E-state index in [1.165, 1.54) is 66.3 Å². The first-order valence-electron chi connectivity index (χ1n) is 20.0. The predicted octanol–water partition coefficient (Wildman–Crippen LogP) is 13.4. The summed E-state index contributed by atoms with van der Waals surface area (Å²) in [5.41, 5.74) is 15.7. The Morgan fingerprint density at radius 2 is 0.948 bits per heavy atom. The zero-order chi connectivity index (χ0) is 38.4. The highest BCUT2D eigenvalue weighted by Crippen LogP contribution is 2.52. The van der Waals surface area contributed by atoms with Gasteiger partial charge in [-0.3, -0.25) is 0 Å². The Bertz CT molecular complexity index is 3030. The molecule has 0 radical (unpaired) electrons. The number of aryl methyl sites for hydroxylation is 1. The summed E-state index contributed by atoms with van der Waals surface area (Å²) in [4.78, 5) is 15.2. The van der Waals surface area contributed by atoms with E-state index in [1.807, 2.05) is 36.4 Å². The standard InChI is InChI=1S/C54H38N4/c1-6-16-36(17-7-1)40-26-28-43-44(31-33-50-55-53(38-20-10-3-11-21-38)57-54(56-50)39-22-12-4-13-23-39)51-45(47(43)34-40)29-30-46-48-35-41(37-18-8-2-9-19-37)27-32-49(48)58(52(46)51)42-24-14-5-15-25-42/h1-30,32,34-35,44H,31,33H2. The van der Waals surface area contributed by atoms with E-state index in [-0.39, 0.29) is 5.92 Å². The van der Waals surface area contributed by atoms with Gasteiger partial charge in [-0.2, -0.15) is 0 Å². The molecule has 58 heavy (non-hydrogen) atoms. The van der Waals surface area contributed by atoms with E-state index in [1.54, 1.807) is 0 Å². The first kappa shape index (κ1) is 33.9. The van der Waals surface area contributed by atoms with Crippen molar-refractivity contribution in [2.24, 2.45) is 0 Å². The summed E-state index contributed by atoms with van der Waals surface area (Å²) in [6, 6.07) is 71.5. The largest absolute Gasteiger partial charge is 0.309 e. The number of hydrogen-bond donors (Lipinski definition) is 0. The van der Waals surface area contributed by atoms with Gasteiger partial charge in [0.05, 0.1) is 11.0 Å². The van der Waals surface area contributed by atoms with E-state index >= 15 is 0 Å². The molecule has 1 atom stereocenters. The van der Waals surface area contributed by atoms with Crippen LogP contribution in [0.15, 0.2) is 200 Å². The predicted molar refractivity (Wildman–Crippen MR) is 238 cm³/mol. The highest BCUT2D eigenvalue weighted by Gasteiger charge is 2.33. The quantitative estimate of drug-likeness (QED) is 0.156. The molecular formula is C54H38N4. The lowest BCUT2D eigenvalue weighted by atomic mass is 9.90. The summed E-state index contributed by atoms with van der Waals surface area (Å²) in [5, 5.41) is 2.51. The minimum absolute atomic E-state index is 0.107. The van der Waals surface area contributed by atoms with Gasteiger partial charge in [0.15, 0.2) is 11.6 Å².